The minimum atomic E-state index is -1.12. The molecule has 1 aromatic rings. The second-order valence-corrected chi connectivity index (χ2v) is 4.13. The standard InChI is InChI=1S/C11H11NO4/c1-11(2)10(15)16-8-6(9(13)14)4-3-5-7(8)12-11/h3-5,12H,1-2H3,(H,13,14). The Morgan fingerprint density at radius 2 is 2.12 bits per heavy atom. The lowest BCUT2D eigenvalue weighted by molar-refractivity contribution is -0.139. The predicted molar refractivity (Wildman–Crippen MR) is 56.7 cm³/mol. The van der Waals surface area contributed by atoms with Crippen LogP contribution >= 0.6 is 0 Å². The zero-order valence-corrected chi connectivity index (χ0v) is 8.90. The fourth-order valence-corrected chi connectivity index (χ4v) is 1.52. The first-order chi connectivity index (χ1) is 7.42. The van der Waals surface area contributed by atoms with Crippen molar-refractivity contribution in [3.8, 4) is 5.75 Å². The van der Waals surface area contributed by atoms with Gasteiger partial charge in [-0.15, -0.1) is 0 Å². The molecule has 5 nitrogen and oxygen atoms in total. The Balaban J connectivity index is 2.55. The van der Waals surface area contributed by atoms with Crippen LogP contribution in [0.4, 0.5) is 5.69 Å². The Bertz CT molecular complexity index is 479. The topological polar surface area (TPSA) is 75.6 Å². The van der Waals surface area contributed by atoms with E-state index in [1.807, 2.05) is 0 Å². The zero-order valence-electron chi connectivity index (χ0n) is 8.90. The van der Waals surface area contributed by atoms with Crippen LogP contribution in [0.5, 0.6) is 5.75 Å². The van der Waals surface area contributed by atoms with Gasteiger partial charge in [0.2, 0.25) is 0 Å². The smallest absolute Gasteiger partial charge is 0.339 e. The number of para-hydroxylation sites is 1. The molecule has 5 heteroatoms. The first-order valence-electron chi connectivity index (χ1n) is 4.78. The summed E-state index contributed by atoms with van der Waals surface area (Å²) in [6.07, 6.45) is 0. The highest BCUT2D eigenvalue weighted by Crippen LogP contribution is 2.35. The quantitative estimate of drug-likeness (QED) is 0.555. The number of anilines is 1. The molecule has 84 valence electrons. The molecular formula is C11H11NO4. The SMILES string of the molecule is CC1(C)Nc2cccc(C(=O)O)c2OC1=O. The fourth-order valence-electron chi connectivity index (χ4n) is 1.52. The van der Waals surface area contributed by atoms with Crippen LogP contribution in [-0.2, 0) is 4.79 Å². The third-order valence-corrected chi connectivity index (χ3v) is 2.40. The maximum atomic E-state index is 11.6. The van der Waals surface area contributed by atoms with Gasteiger partial charge in [0.25, 0.3) is 0 Å². The van der Waals surface area contributed by atoms with Crippen LogP contribution in [0, 0.1) is 0 Å². The number of nitrogens with one attached hydrogen (secondary N) is 1. The van der Waals surface area contributed by atoms with E-state index >= 15 is 0 Å². The molecule has 0 saturated heterocycles. The summed E-state index contributed by atoms with van der Waals surface area (Å²) < 4.78 is 5.06. The van der Waals surface area contributed by atoms with E-state index in [-0.39, 0.29) is 11.3 Å². The molecule has 0 atom stereocenters. The molecule has 2 N–H and O–H groups in total. The van der Waals surface area contributed by atoms with Gasteiger partial charge in [-0.3, -0.25) is 0 Å². The van der Waals surface area contributed by atoms with Crippen molar-refractivity contribution < 1.29 is 19.4 Å². The summed E-state index contributed by atoms with van der Waals surface area (Å²) in [5.41, 5.74) is -0.345. The van der Waals surface area contributed by atoms with E-state index in [2.05, 4.69) is 5.32 Å². The molecule has 0 fully saturated rings. The lowest BCUT2D eigenvalue weighted by atomic mass is 10.0. The van der Waals surface area contributed by atoms with Crippen molar-refractivity contribution in [3.63, 3.8) is 0 Å². The van der Waals surface area contributed by atoms with Crippen LogP contribution < -0.4 is 10.1 Å². The van der Waals surface area contributed by atoms with Gasteiger partial charge in [-0.05, 0) is 26.0 Å². The van der Waals surface area contributed by atoms with E-state index < -0.39 is 17.5 Å². The highest BCUT2D eigenvalue weighted by atomic mass is 16.5. The molecule has 2 rings (SSSR count). The Morgan fingerprint density at radius 1 is 1.44 bits per heavy atom. The average molecular weight is 221 g/mol. The molecule has 0 saturated carbocycles. The molecular weight excluding hydrogens is 210 g/mol. The molecule has 0 unspecified atom stereocenters. The molecule has 0 spiro atoms. The van der Waals surface area contributed by atoms with Gasteiger partial charge >= 0.3 is 11.9 Å². The monoisotopic (exact) mass is 221 g/mol. The largest absolute Gasteiger partial charge is 0.478 e. The Morgan fingerprint density at radius 3 is 2.75 bits per heavy atom. The fraction of sp³-hybridized carbons (Fsp3) is 0.273. The number of aromatic carboxylic acids is 1. The molecule has 16 heavy (non-hydrogen) atoms. The van der Waals surface area contributed by atoms with Crippen LogP contribution in [0.25, 0.3) is 0 Å². The number of esters is 1. The summed E-state index contributed by atoms with van der Waals surface area (Å²) in [6, 6.07) is 4.68. The van der Waals surface area contributed by atoms with E-state index in [4.69, 9.17) is 9.84 Å². The number of hydrogen-bond donors (Lipinski definition) is 2. The number of carboxylic acid groups (broad SMARTS) is 1. The van der Waals surface area contributed by atoms with E-state index in [0.29, 0.717) is 5.69 Å². The van der Waals surface area contributed by atoms with Crippen molar-refractivity contribution in [2.75, 3.05) is 5.32 Å². The highest BCUT2D eigenvalue weighted by Gasteiger charge is 2.36. The Labute approximate surface area is 92.0 Å². The molecule has 1 heterocycles. The van der Waals surface area contributed by atoms with Crippen LogP contribution in [0.2, 0.25) is 0 Å². The Hall–Kier alpha value is -2.04. The number of carbonyl (C=O) groups excluding carboxylic acids is 1. The van der Waals surface area contributed by atoms with Crippen molar-refractivity contribution in [2.24, 2.45) is 0 Å². The van der Waals surface area contributed by atoms with Crippen molar-refractivity contribution in [1.82, 2.24) is 0 Å². The van der Waals surface area contributed by atoms with Gasteiger partial charge in [0.05, 0.1) is 5.69 Å². The second kappa shape index (κ2) is 3.23. The first-order valence-corrected chi connectivity index (χ1v) is 4.78. The maximum Gasteiger partial charge on any atom is 0.339 e. The maximum absolute atomic E-state index is 11.6. The molecule has 1 aromatic carbocycles. The second-order valence-electron chi connectivity index (χ2n) is 4.13. The normalized spacial score (nSPS) is 17.0. The van der Waals surface area contributed by atoms with Gasteiger partial charge < -0.3 is 15.2 Å². The summed E-state index contributed by atoms with van der Waals surface area (Å²) in [7, 11) is 0. The zero-order chi connectivity index (χ0) is 11.9. The van der Waals surface area contributed by atoms with Crippen molar-refractivity contribution in [2.45, 2.75) is 19.4 Å². The molecule has 0 bridgehead atoms. The van der Waals surface area contributed by atoms with Crippen LogP contribution in [0.15, 0.2) is 18.2 Å². The lowest BCUT2D eigenvalue weighted by Crippen LogP contribution is -2.46. The van der Waals surface area contributed by atoms with E-state index in [0.717, 1.165) is 0 Å². The van der Waals surface area contributed by atoms with Gasteiger partial charge in [0.1, 0.15) is 11.1 Å². The number of rotatable bonds is 1. The van der Waals surface area contributed by atoms with Gasteiger partial charge in [-0.2, -0.15) is 0 Å². The summed E-state index contributed by atoms with van der Waals surface area (Å²) in [5, 5.41) is 11.9. The minimum absolute atomic E-state index is 0.0196. The number of carbonyl (C=O) groups is 2. The molecule has 1 aliphatic heterocycles. The van der Waals surface area contributed by atoms with Gasteiger partial charge in [-0.25, -0.2) is 9.59 Å². The van der Waals surface area contributed by atoms with Crippen molar-refractivity contribution in [1.29, 1.82) is 0 Å². The summed E-state index contributed by atoms with van der Waals surface area (Å²) in [5.74, 6) is -1.53. The van der Waals surface area contributed by atoms with Crippen molar-refractivity contribution in [3.05, 3.63) is 23.8 Å². The van der Waals surface area contributed by atoms with E-state index in [1.54, 1.807) is 26.0 Å². The minimum Gasteiger partial charge on any atom is -0.478 e. The highest BCUT2D eigenvalue weighted by molar-refractivity contribution is 5.98. The van der Waals surface area contributed by atoms with E-state index in [9.17, 15) is 9.59 Å². The van der Waals surface area contributed by atoms with Crippen molar-refractivity contribution >= 4 is 17.6 Å². The summed E-state index contributed by atoms with van der Waals surface area (Å²) in [4.78, 5) is 22.5. The number of hydrogen-bond acceptors (Lipinski definition) is 4. The number of benzene rings is 1. The molecule has 0 radical (unpaired) electrons. The van der Waals surface area contributed by atoms with Gasteiger partial charge in [0, 0.05) is 0 Å². The van der Waals surface area contributed by atoms with E-state index in [1.165, 1.54) is 6.07 Å². The molecule has 0 aromatic heterocycles. The first kappa shape index (κ1) is 10.5. The molecule has 1 aliphatic rings. The predicted octanol–water partition coefficient (Wildman–Crippen LogP) is 1.49. The number of fused-ring (bicyclic) bond motifs is 1. The molecule has 0 amide bonds. The van der Waals surface area contributed by atoms with Crippen LogP contribution in [0.3, 0.4) is 0 Å². The lowest BCUT2D eigenvalue weighted by Gasteiger charge is -2.31. The summed E-state index contributed by atoms with van der Waals surface area (Å²) in [6.45, 7) is 3.34. The van der Waals surface area contributed by atoms with Crippen LogP contribution in [0.1, 0.15) is 24.2 Å². The third-order valence-electron chi connectivity index (χ3n) is 2.40. The number of carboxylic acids is 1. The Kier molecular flexibility index (Phi) is 2.11. The van der Waals surface area contributed by atoms with Crippen LogP contribution in [-0.4, -0.2) is 22.6 Å². The summed E-state index contributed by atoms with van der Waals surface area (Å²) >= 11 is 0. The number of ether oxygens (including phenoxy) is 1. The average Bonchev–Trinajstić information content (AvgIpc) is 2.18. The van der Waals surface area contributed by atoms with Gasteiger partial charge in [-0.1, -0.05) is 6.07 Å². The molecule has 0 aliphatic carbocycles. The third kappa shape index (κ3) is 1.50. The van der Waals surface area contributed by atoms with Gasteiger partial charge in [0.15, 0.2) is 5.75 Å².